The molecule has 0 unspecified atom stereocenters. The lowest BCUT2D eigenvalue weighted by Crippen LogP contribution is -2.26. The molecule has 1 aromatic rings. The van der Waals surface area contributed by atoms with Crippen molar-refractivity contribution in [2.45, 2.75) is 39.5 Å². The molecule has 0 bridgehead atoms. The number of nitrogens with zero attached hydrogens (tertiary/aromatic N) is 2. The third-order valence-electron chi connectivity index (χ3n) is 4.01. The molecule has 1 aromatic carbocycles. The first kappa shape index (κ1) is 15.5. The average molecular weight is 288 g/mol. The Balaban J connectivity index is 2.26. The van der Waals surface area contributed by atoms with Crippen LogP contribution in [0, 0.1) is 0 Å². The highest BCUT2D eigenvalue weighted by Gasteiger charge is 2.33. The number of benzene rings is 1. The minimum absolute atomic E-state index is 0.396. The molecule has 0 spiro atoms. The Morgan fingerprint density at radius 2 is 1.67 bits per heavy atom. The lowest BCUT2D eigenvalue weighted by atomic mass is 10.1. The molecule has 1 heterocycles. The molecule has 2 rings (SSSR count). The first-order chi connectivity index (χ1) is 10.1. The summed E-state index contributed by atoms with van der Waals surface area (Å²) in [6, 6.07) is 5.73. The number of carbonyl (C=O) groups excluding carboxylic acids is 2. The molecular formula is C17H24N2O2. The van der Waals surface area contributed by atoms with Crippen molar-refractivity contribution >= 4 is 23.1 Å². The lowest BCUT2D eigenvalue weighted by Gasteiger charge is -2.25. The van der Waals surface area contributed by atoms with Crippen molar-refractivity contribution in [2.24, 2.45) is 0 Å². The van der Waals surface area contributed by atoms with Gasteiger partial charge in [0.25, 0.3) is 11.7 Å². The molecule has 0 atom stereocenters. The van der Waals surface area contributed by atoms with Crippen LogP contribution in [0.1, 0.15) is 49.9 Å². The maximum atomic E-state index is 11.8. The molecule has 21 heavy (non-hydrogen) atoms. The van der Waals surface area contributed by atoms with Crippen LogP contribution in [0.3, 0.4) is 0 Å². The van der Waals surface area contributed by atoms with Gasteiger partial charge in [0.05, 0.1) is 11.3 Å². The van der Waals surface area contributed by atoms with Crippen LogP contribution >= 0.6 is 0 Å². The van der Waals surface area contributed by atoms with Gasteiger partial charge in [-0.25, -0.2) is 0 Å². The molecule has 4 nitrogen and oxygen atoms in total. The lowest BCUT2D eigenvalue weighted by molar-refractivity contribution is -0.114. The van der Waals surface area contributed by atoms with Gasteiger partial charge in [-0.1, -0.05) is 26.7 Å². The van der Waals surface area contributed by atoms with Gasteiger partial charge in [0.15, 0.2) is 0 Å². The quantitative estimate of drug-likeness (QED) is 0.723. The van der Waals surface area contributed by atoms with Crippen LogP contribution in [0.2, 0.25) is 0 Å². The van der Waals surface area contributed by atoms with Crippen molar-refractivity contribution in [3.05, 3.63) is 23.8 Å². The third kappa shape index (κ3) is 3.09. The van der Waals surface area contributed by atoms with Crippen molar-refractivity contribution in [2.75, 3.05) is 29.9 Å². The van der Waals surface area contributed by atoms with E-state index in [1.54, 1.807) is 13.1 Å². The van der Waals surface area contributed by atoms with E-state index in [-0.39, 0.29) is 0 Å². The maximum Gasteiger partial charge on any atom is 0.299 e. The summed E-state index contributed by atoms with van der Waals surface area (Å²) in [5.41, 5.74) is 2.36. The molecule has 0 N–H and O–H groups in total. The van der Waals surface area contributed by atoms with E-state index >= 15 is 0 Å². The second kappa shape index (κ2) is 6.74. The van der Waals surface area contributed by atoms with Crippen LogP contribution in [0.5, 0.6) is 0 Å². The van der Waals surface area contributed by atoms with Gasteiger partial charge in [-0.2, -0.15) is 0 Å². The Kier molecular flexibility index (Phi) is 4.99. The zero-order valence-electron chi connectivity index (χ0n) is 13.2. The van der Waals surface area contributed by atoms with E-state index in [0.717, 1.165) is 50.1 Å². The number of hydrogen-bond acceptors (Lipinski definition) is 3. The smallest absolute Gasteiger partial charge is 0.299 e. The van der Waals surface area contributed by atoms with Gasteiger partial charge < -0.3 is 9.80 Å². The summed E-state index contributed by atoms with van der Waals surface area (Å²) in [5, 5.41) is 0. The van der Waals surface area contributed by atoms with Crippen molar-refractivity contribution in [1.82, 2.24) is 0 Å². The van der Waals surface area contributed by atoms with Crippen molar-refractivity contribution < 1.29 is 9.59 Å². The van der Waals surface area contributed by atoms with Crippen molar-refractivity contribution in [3.8, 4) is 0 Å². The summed E-state index contributed by atoms with van der Waals surface area (Å²) in [6.07, 6.45) is 4.61. The minimum Gasteiger partial charge on any atom is -0.371 e. The SMILES string of the molecule is CCCCN(CCCC)c1ccc2c(c1)N(C)C(=O)C2=O. The summed E-state index contributed by atoms with van der Waals surface area (Å²) in [4.78, 5) is 27.4. The second-order valence-electron chi connectivity index (χ2n) is 5.59. The number of unbranched alkanes of at least 4 members (excludes halogenated alkanes) is 2. The number of ketones is 1. The third-order valence-corrected chi connectivity index (χ3v) is 4.01. The van der Waals surface area contributed by atoms with Crippen LogP contribution in [0.15, 0.2) is 18.2 Å². The largest absolute Gasteiger partial charge is 0.371 e. The minimum atomic E-state index is -0.434. The first-order valence-electron chi connectivity index (χ1n) is 7.81. The molecule has 0 aromatic heterocycles. The van der Waals surface area contributed by atoms with E-state index in [1.165, 1.54) is 4.90 Å². The van der Waals surface area contributed by atoms with Crippen LogP contribution in [0.25, 0.3) is 0 Å². The van der Waals surface area contributed by atoms with Gasteiger partial charge in [-0.3, -0.25) is 9.59 Å². The number of amides is 1. The highest BCUT2D eigenvalue weighted by Crippen LogP contribution is 2.32. The summed E-state index contributed by atoms with van der Waals surface area (Å²) < 4.78 is 0. The van der Waals surface area contributed by atoms with Gasteiger partial charge >= 0.3 is 0 Å². The van der Waals surface area contributed by atoms with Crippen LogP contribution in [-0.2, 0) is 4.79 Å². The Bertz CT molecular complexity index is 532. The molecule has 0 radical (unpaired) electrons. The Morgan fingerprint density at radius 3 is 2.24 bits per heavy atom. The van der Waals surface area contributed by atoms with Crippen LogP contribution < -0.4 is 9.80 Å². The van der Waals surface area contributed by atoms with Crippen molar-refractivity contribution in [3.63, 3.8) is 0 Å². The highest BCUT2D eigenvalue weighted by atomic mass is 16.2. The number of carbonyl (C=O) groups is 2. The fourth-order valence-electron chi connectivity index (χ4n) is 2.63. The van der Waals surface area contributed by atoms with E-state index in [9.17, 15) is 9.59 Å². The molecule has 0 saturated heterocycles. The summed E-state index contributed by atoms with van der Waals surface area (Å²) in [6.45, 7) is 6.40. The number of rotatable bonds is 7. The number of likely N-dealkylation sites (N-methyl/N-ethyl adjacent to an activating group) is 1. The Morgan fingerprint density at radius 1 is 1.05 bits per heavy atom. The molecular weight excluding hydrogens is 264 g/mol. The predicted octanol–water partition coefficient (Wildman–Crippen LogP) is 3.25. The van der Waals surface area contributed by atoms with Crippen LogP contribution in [0.4, 0.5) is 11.4 Å². The topological polar surface area (TPSA) is 40.6 Å². The first-order valence-corrected chi connectivity index (χ1v) is 7.81. The van der Waals surface area contributed by atoms with Gasteiger partial charge in [0.1, 0.15) is 0 Å². The molecule has 0 saturated carbocycles. The fraction of sp³-hybridized carbons (Fsp3) is 0.529. The Hall–Kier alpha value is -1.84. The standard InChI is InChI=1S/C17H24N2O2/c1-4-6-10-19(11-7-5-2)13-8-9-14-15(12-13)18(3)17(21)16(14)20/h8-9,12H,4-7,10-11H2,1-3H3. The summed E-state index contributed by atoms with van der Waals surface area (Å²) >= 11 is 0. The van der Waals surface area contributed by atoms with E-state index in [4.69, 9.17) is 0 Å². The van der Waals surface area contributed by atoms with Gasteiger partial charge in [-0.15, -0.1) is 0 Å². The van der Waals surface area contributed by atoms with Gasteiger partial charge in [0.2, 0.25) is 0 Å². The second-order valence-corrected chi connectivity index (χ2v) is 5.59. The van der Waals surface area contributed by atoms with Gasteiger partial charge in [0, 0.05) is 25.8 Å². The molecule has 0 aliphatic carbocycles. The van der Waals surface area contributed by atoms with Crippen molar-refractivity contribution in [1.29, 1.82) is 0 Å². The van der Waals surface area contributed by atoms with E-state index in [0.29, 0.717) is 5.56 Å². The molecule has 0 fully saturated rings. The van der Waals surface area contributed by atoms with E-state index in [1.807, 2.05) is 12.1 Å². The monoisotopic (exact) mass is 288 g/mol. The zero-order valence-corrected chi connectivity index (χ0v) is 13.2. The van der Waals surface area contributed by atoms with E-state index in [2.05, 4.69) is 18.7 Å². The zero-order chi connectivity index (χ0) is 15.4. The summed E-state index contributed by atoms with van der Waals surface area (Å²) in [7, 11) is 1.66. The Labute approximate surface area is 126 Å². The molecule has 1 aliphatic rings. The molecule has 4 heteroatoms. The predicted molar refractivity (Wildman–Crippen MR) is 86.2 cm³/mol. The van der Waals surface area contributed by atoms with E-state index < -0.39 is 11.7 Å². The number of anilines is 2. The number of fused-ring (bicyclic) bond motifs is 1. The summed E-state index contributed by atoms with van der Waals surface area (Å²) in [5.74, 6) is -0.830. The average Bonchev–Trinajstić information content (AvgIpc) is 2.72. The maximum absolute atomic E-state index is 11.8. The highest BCUT2D eigenvalue weighted by molar-refractivity contribution is 6.52. The molecule has 1 aliphatic heterocycles. The number of Topliss-reactive ketones (excluding diaryl/α,β-unsaturated/α-hetero) is 1. The van der Waals surface area contributed by atoms with Gasteiger partial charge in [-0.05, 0) is 31.0 Å². The fourth-order valence-corrected chi connectivity index (χ4v) is 2.63. The molecule has 1 amide bonds. The van der Waals surface area contributed by atoms with Crippen LogP contribution in [-0.4, -0.2) is 31.8 Å². The molecule has 114 valence electrons. The number of hydrogen-bond donors (Lipinski definition) is 0. The normalized spacial score (nSPS) is 13.8.